The third-order valence-electron chi connectivity index (χ3n) is 8.47. The summed E-state index contributed by atoms with van der Waals surface area (Å²) < 4.78 is 0. The molecule has 0 heteroatoms. The Morgan fingerprint density at radius 1 is 0.486 bits per heavy atom. The zero-order valence-corrected chi connectivity index (χ0v) is 23.1. The molecule has 0 aliphatic rings. The summed E-state index contributed by atoms with van der Waals surface area (Å²) in [6, 6.07) is 25.3. The van der Waals surface area contributed by atoms with Crippen LogP contribution in [0.5, 0.6) is 0 Å². The monoisotopic (exact) mass is 460 g/mol. The quantitative estimate of drug-likeness (QED) is 0.278. The van der Waals surface area contributed by atoms with Gasteiger partial charge in [0.25, 0.3) is 0 Å². The van der Waals surface area contributed by atoms with E-state index in [1.807, 2.05) is 0 Å². The van der Waals surface area contributed by atoms with Gasteiger partial charge in [-0.25, -0.2) is 0 Å². The lowest BCUT2D eigenvalue weighted by Gasteiger charge is -2.28. The molecule has 180 valence electrons. The van der Waals surface area contributed by atoms with Crippen molar-refractivity contribution in [3.63, 3.8) is 0 Å². The van der Waals surface area contributed by atoms with Gasteiger partial charge in [-0.05, 0) is 127 Å². The van der Waals surface area contributed by atoms with Crippen LogP contribution in [-0.2, 0) is 11.8 Å². The first-order chi connectivity index (χ1) is 16.5. The number of rotatable bonds is 5. The molecule has 0 aromatic heterocycles. The van der Waals surface area contributed by atoms with Crippen LogP contribution in [0.25, 0.3) is 11.1 Å². The molecule has 0 radical (unpaired) electrons. The summed E-state index contributed by atoms with van der Waals surface area (Å²) in [6.45, 7) is 20.3. The number of hydrogen-bond acceptors (Lipinski definition) is 0. The molecule has 0 nitrogen and oxygen atoms in total. The molecule has 0 heterocycles. The third-order valence-corrected chi connectivity index (χ3v) is 8.47. The second-order valence-corrected chi connectivity index (χ2v) is 11.0. The Morgan fingerprint density at radius 3 is 1.74 bits per heavy atom. The van der Waals surface area contributed by atoms with Crippen LogP contribution in [-0.4, -0.2) is 0 Å². The Labute approximate surface area is 213 Å². The second kappa shape index (κ2) is 9.50. The van der Waals surface area contributed by atoms with Crippen LogP contribution in [0.2, 0.25) is 0 Å². The van der Waals surface area contributed by atoms with Gasteiger partial charge >= 0.3 is 0 Å². The Hall–Kier alpha value is -3.12. The van der Waals surface area contributed by atoms with Crippen molar-refractivity contribution in [3.05, 3.63) is 128 Å². The van der Waals surface area contributed by atoms with E-state index < -0.39 is 0 Å². The minimum absolute atomic E-state index is 0.0262. The maximum atomic E-state index is 2.40. The Balaban J connectivity index is 1.64. The highest BCUT2D eigenvalue weighted by Crippen LogP contribution is 2.35. The van der Waals surface area contributed by atoms with Gasteiger partial charge < -0.3 is 0 Å². The van der Waals surface area contributed by atoms with Crippen molar-refractivity contribution in [2.45, 2.75) is 74.1 Å². The molecule has 0 saturated heterocycles. The van der Waals surface area contributed by atoms with Crippen molar-refractivity contribution in [2.75, 3.05) is 0 Å². The number of benzene rings is 4. The average Bonchev–Trinajstić information content (AvgIpc) is 2.82. The van der Waals surface area contributed by atoms with Crippen LogP contribution < -0.4 is 0 Å². The molecule has 4 rings (SSSR count). The van der Waals surface area contributed by atoms with E-state index in [0.29, 0.717) is 0 Å². The van der Waals surface area contributed by atoms with Crippen LogP contribution in [0.3, 0.4) is 0 Å². The van der Waals surface area contributed by atoms with Crippen LogP contribution in [0, 0.1) is 48.5 Å². The predicted octanol–water partition coefficient (Wildman–Crippen LogP) is 9.43. The third kappa shape index (κ3) is 4.72. The van der Waals surface area contributed by atoms with Crippen molar-refractivity contribution in [1.82, 2.24) is 0 Å². The van der Waals surface area contributed by atoms with Gasteiger partial charge in [0.1, 0.15) is 0 Å². The van der Waals surface area contributed by atoms with Crippen molar-refractivity contribution < 1.29 is 0 Å². The highest BCUT2D eigenvalue weighted by atomic mass is 14.3. The van der Waals surface area contributed by atoms with Crippen molar-refractivity contribution in [3.8, 4) is 11.1 Å². The van der Waals surface area contributed by atoms with Crippen LogP contribution in [0.1, 0.15) is 75.0 Å². The fourth-order valence-corrected chi connectivity index (χ4v) is 5.19. The van der Waals surface area contributed by atoms with E-state index in [1.165, 1.54) is 72.3 Å². The first-order valence-electron chi connectivity index (χ1n) is 12.8. The highest BCUT2D eigenvalue weighted by Gasteiger charge is 2.24. The molecule has 0 spiro atoms. The topological polar surface area (TPSA) is 0 Å². The molecular weight excluding hydrogens is 420 g/mol. The Bertz CT molecular complexity index is 1400. The van der Waals surface area contributed by atoms with E-state index >= 15 is 0 Å². The van der Waals surface area contributed by atoms with Gasteiger partial charge in [-0.2, -0.15) is 0 Å². The van der Waals surface area contributed by atoms with E-state index in [-0.39, 0.29) is 5.41 Å². The molecule has 0 saturated carbocycles. The summed E-state index contributed by atoms with van der Waals surface area (Å²) >= 11 is 0. The molecule has 0 bridgehead atoms. The minimum Gasteiger partial charge on any atom is -0.0614 e. The van der Waals surface area contributed by atoms with Crippen LogP contribution in [0.4, 0.5) is 0 Å². The Morgan fingerprint density at radius 2 is 1.09 bits per heavy atom. The summed E-state index contributed by atoms with van der Waals surface area (Å²) in [6.07, 6.45) is 0.968. The lowest BCUT2D eigenvalue weighted by atomic mass is 9.76. The maximum absolute atomic E-state index is 2.40. The van der Waals surface area contributed by atoms with Crippen LogP contribution in [0.15, 0.2) is 66.7 Å². The van der Waals surface area contributed by atoms with Crippen molar-refractivity contribution >= 4 is 0 Å². The molecule has 0 aliphatic heterocycles. The van der Waals surface area contributed by atoms with Gasteiger partial charge in [-0.15, -0.1) is 0 Å². The largest absolute Gasteiger partial charge is 0.0614 e. The highest BCUT2D eigenvalue weighted by molar-refractivity contribution is 5.73. The van der Waals surface area contributed by atoms with Gasteiger partial charge in [0.2, 0.25) is 0 Å². The summed E-state index contributed by atoms with van der Waals surface area (Å²) in [5.41, 5.74) is 17.9. The van der Waals surface area contributed by atoms with E-state index in [0.717, 1.165) is 6.42 Å². The van der Waals surface area contributed by atoms with Gasteiger partial charge in [0.15, 0.2) is 0 Å². The van der Waals surface area contributed by atoms with Gasteiger partial charge in [0.05, 0.1) is 0 Å². The second-order valence-electron chi connectivity index (χ2n) is 11.0. The fourth-order valence-electron chi connectivity index (χ4n) is 5.19. The molecule has 0 unspecified atom stereocenters. The average molecular weight is 461 g/mol. The molecule has 4 aromatic carbocycles. The molecule has 35 heavy (non-hydrogen) atoms. The van der Waals surface area contributed by atoms with E-state index in [9.17, 15) is 0 Å². The zero-order valence-electron chi connectivity index (χ0n) is 23.1. The van der Waals surface area contributed by atoms with E-state index in [4.69, 9.17) is 0 Å². The number of hydrogen-bond donors (Lipinski definition) is 0. The number of aryl methyl sites for hydroxylation is 4. The van der Waals surface area contributed by atoms with E-state index in [1.54, 1.807) is 0 Å². The van der Waals surface area contributed by atoms with Gasteiger partial charge in [-0.1, -0.05) is 80.6 Å². The van der Waals surface area contributed by atoms with Gasteiger partial charge in [0, 0.05) is 5.41 Å². The summed E-state index contributed by atoms with van der Waals surface area (Å²) in [4.78, 5) is 0. The molecule has 0 atom stereocenters. The molecule has 4 aromatic rings. The molecule has 0 amide bonds. The lowest BCUT2D eigenvalue weighted by Crippen LogP contribution is -2.19. The predicted molar refractivity (Wildman–Crippen MR) is 153 cm³/mol. The summed E-state index contributed by atoms with van der Waals surface area (Å²) in [5.74, 6) is 0. The molecule has 0 fully saturated rings. The first kappa shape index (κ1) is 25.0. The molecular formula is C35H40. The Kier molecular flexibility index (Phi) is 6.78. The van der Waals surface area contributed by atoms with Crippen LogP contribution >= 0.6 is 0 Å². The van der Waals surface area contributed by atoms with Crippen molar-refractivity contribution in [1.29, 1.82) is 0 Å². The standard InChI is InChI=1S/C35H40/c1-22-13-16-31(19-24(22)3)35(8,9)32-17-14-29(25(4)20-32)21-30-15-18-34(28(7)27(30)6)33-12-10-11-23(2)26(33)5/h10-20H,21H2,1-9H3. The first-order valence-corrected chi connectivity index (χ1v) is 12.8. The molecule has 0 N–H and O–H groups in total. The SMILES string of the molecule is Cc1ccc(C(C)(C)c2ccc(Cc3ccc(-c4cccc(C)c4C)c(C)c3C)c(C)c2)cc1C. The smallest absolute Gasteiger partial charge is 0.0146 e. The summed E-state index contributed by atoms with van der Waals surface area (Å²) in [5, 5.41) is 0. The normalized spacial score (nSPS) is 11.7. The van der Waals surface area contributed by atoms with E-state index in [2.05, 4.69) is 129 Å². The van der Waals surface area contributed by atoms with Gasteiger partial charge in [-0.3, -0.25) is 0 Å². The van der Waals surface area contributed by atoms with Crippen molar-refractivity contribution in [2.24, 2.45) is 0 Å². The maximum Gasteiger partial charge on any atom is 0.0146 e. The zero-order chi connectivity index (χ0) is 25.5. The minimum atomic E-state index is -0.0262. The summed E-state index contributed by atoms with van der Waals surface area (Å²) in [7, 11) is 0. The molecule has 0 aliphatic carbocycles. The fraction of sp³-hybridized carbons (Fsp3) is 0.314. The lowest BCUT2D eigenvalue weighted by molar-refractivity contribution is 0.639.